The molecule has 2 rings (SSSR count). The van der Waals surface area contributed by atoms with E-state index in [0.29, 0.717) is 4.83 Å². The van der Waals surface area contributed by atoms with E-state index in [4.69, 9.17) is 0 Å². The molecule has 1 atom stereocenters. The highest BCUT2D eigenvalue weighted by Crippen LogP contribution is 2.37. The van der Waals surface area contributed by atoms with Gasteiger partial charge in [-0.1, -0.05) is 86.5 Å². The molecule has 1 aromatic carbocycles. The second-order valence-corrected chi connectivity index (χ2v) is 7.41. The summed E-state index contributed by atoms with van der Waals surface area (Å²) in [6.07, 6.45) is 12.3. The summed E-state index contributed by atoms with van der Waals surface area (Å²) in [4.78, 5) is 0.548. The highest BCUT2D eigenvalue weighted by atomic mass is 79.9. The molecule has 0 amide bonds. The van der Waals surface area contributed by atoms with Crippen molar-refractivity contribution in [3.63, 3.8) is 0 Å². The van der Waals surface area contributed by atoms with Crippen molar-refractivity contribution < 1.29 is 0 Å². The van der Waals surface area contributed by atoms with Gasteiger partial charge in [-0.15, -0.1) is 0 Å². The summed E-state index contributed by atoms with van der Waals surface area (Å²) in [7, 11) is 0. The van der Waals surface area contributed by atoms with Crippen molar-refractivity contribution in [1.82, 2.24) is 0 Å². The number of halogens is 1. The maximum atomic E-state index is 4.00. The molecule has 0 N–H and O–H groups in total. The van der Waals surface area contributed by atoms with E-state index in [1.807, 2.05) is 0 Å². The predicted molar refractivity (Wildman–Crippen MR) is 92.7 cm³/mol. The lowest BCUT2D eigenvalue weighted by atomic mass is 9.90. The van der Waals surface area contributed by atoms with Gasteiger partial charge in [-0.3, -0.25) is 0 Å². The molecule has 1 aliphatic rings. The molecular formula is C19H29Br. The molecule has 1 aliphatic carbocycles. The van der Waals surface area contributed by atoms with Gasteiger partial charge in [-0.05, 0) is 41.9 Å². The Labute approximate surface area is 133 Å². The largest absolute Gasteiger partial charge is 0.0839 e. The zero-order chi connectivity index (χ0) is 14.4. The third kappa shape index (κ3) is 4.35. The van der Waals surface area contributed by atoms with E-state index in [2.05, 4.69) is 48.0 Å². The highest BCUT2D eigenvalue weighted by molar-refractivity contribution is 9.09. The summed E-state index contributed by atoms with van der Waals surface area (Å²) in [6.45, 7) is 4.52. The lowest BCUT2D eigenvalue weighted by molar-refractivity contribution is 0.426. The fourth-order valence-corrected chi connectivity index (χ4v) is 4.45. The van der Waals surface area contributed by atoms with Crippen LogP contribution in [-0.2, 0) is 12.8 Å². The van der Waals surface area contributed by atoms with Crippen LogP contribution in [0.25, 0.3) is 0 Å². The van der Waals surface area contributed by atoms with Gasteiger partial charge in [0.25, 0.3) is 0 Å². The van der Waals surface area contributed by atoms with Crippen molar-refractivity contribution in [3.8, 4) is 0 Å². The fourth-order valence-electron chi connectivity index (χ4n) is 3.50. The Balaban J connectivity index is 2.08. The molecule has 20 heavy (non-hydrogen) atoms. The number of benzene rings is 1. The van der Waals surface area contributed by atoms with Crippen molar-refractivity contribution in [1.29, 1.82) is 0 Å². The summed E-state index contributed by atoms with van der Waals surface area (Å²) in [5, 5.41) is 0. The predicted octanol–water partition coefficient (Wildman–Crippen LogP) is 6.61. The van der Waals surface area contributed by atoms with Crippen LogP contribution in [0.1, 0.15) is 80.3 Å². The zero-order valence-corrected chi connectivity index (χ0v) is 14.7. The molecule has 112 valence electrons. The first-order valence-electron chi connectivity index (χ1n) is 8.50. The van der Waals surface area contributed by atoms with Crippen LogP contribution >= 0.6 is 15.9 Å². The van der Waals surface area contributed by atoms with Gasteiger partial charge >= 0.3 is 0 Å². The molecule has 0 aliphatic heterocycles. The molecule has 0 heterocycles. The van der Waals surface area contributed by atoms with E-state index >= 15 is 0 Å². The lowest BCUT2D eigenvalue weighted by Gasteiger charge is -2.21. The minimum atomic E-state index is 0.548. The van der Waals surface area contributed by atoms with Crippen LogP contribution in [0, 0.1) is 5.92 Å². The van der Waals surface area contributed by atoms with E-state index in [1.54, 1.807) is 5.56 Å². The van der Waals surface area contributed by atoms with Crippen molar-refractivity contribution >= 4 is 15.9 Å². The first kappa shape index (κ1) is 16.1. The molecule has 1 unspecified atom stereocenters. The summed E-state index contributed by atoms with van der Waals surface area (Å²) < 4.78 is 0. The third-order valence-corrected chi connectivity index (χ3v) is 5.72. The minimum absolute atomic E-state index is 0.548. The fraction of sp³-hybridized carbons (Fsp3) is 0.684. The second-order valence-electron chi connectivity index (χ2n) is 6.30. The van der Waals surface area contributed by atoms with E-state index in [1.165, 1.54) is 56.1 Å². The first-order chi connectivity index (χ1) is 9.74. The molecule has 1 saturated carbocycles. The van der Waals surface area contributed by atoms with Crippen LogP contribution in [-0.4, -0.2) is 0 Å². The van der Waals surface area contributed by atoms with Gasteiger partial charge in [0, 0.05) is 4.83 Å². The van der Waals surface area contributed by atoms with E-state index in [9.17, 15) is 0 Å². The van der Waals surface area contributed by atoms with Crippen LogP contribution in [0.15, 0.2) is 18.2 Å². The van der Waals surface area contributed by atoms with Gasteiger partial charge in [0.05, 0.1) is 0 Å². The molecular weight excluding hydrogens is 308 g/mol. The Morgan fingerprint density at radius 2 is 1.75 bits per heavy atom. The second kappa shape index (κ2) is 8.22. The van der Waals surface area contributed by atoms with Gasteiger partial charge in [-0.2, -0.15) is 0 Å². The van der Waals surface area contributed by atoms with Gasteiger partial charge in [-0.25, -0.2) is 0 Å². The van der Waals surface area contributed by atoms with Crippen molar-refractivity contribution in [2.75, 3.05) is 0 Å². The highest BCUT2D eigenvalue weighted by Gasteiger charge is 2.19. The topological polar surface area (TPSA) is 0 Å². The van der Waals surface area contributed by atoms with Gasteiger partial charge < -0.3 is 0 Å². The number of aryl methyl sites for hydroxylation is 2. The molecule has 0 radical (unpaired) electrons. The average molecular weight is 337 g/mol. The summed E-state index contributed by atoms with van der Waals surface area (Å²) in [6, 6.07) is 7.08. The maximum Gasteiger partial charge on any atom is 0.0400 e. The minimum Gasteiger partial charge on any atom is -0.0839 e. The number of alkyl halides is 1. The van der Waals surface area contributed by atoms with Crippen LogP contribution in [0.3, 0.4) is 0 Å². The molecule has 0 nitrogen and oxygen atoms in total. The summed E-state index contributed by atoms with van der Waals surface area (Å²) in [5.41, 5.74) is 4.55. The van der Waals surface area contributed by atoms with Crippen LogP contribution in [0.4, 0.5) is 0 Å². The number of hydrogen-bond donors (Lipinski definition) is 0. The molecule has 1 heteroatoms. The Bertz CT molecular complexity index is 402. The summed E-state index contributed by atoms with van der Waals surface area (Å²) >= 11 is 4.00. The van der Waals surface area contributed by atoms with Gasteiger partial charge in [0.2, 0.25) is 0 Å². The molecule has 1 aromatic rings. The molecule has 0 spiro atoms. The Kier molecular flexibility index (Phi) is 6.61. The SMILES string of the molecule is CCc1ccc(CC)c(C(Br)CC2CCCCCC2)c1. The van der Waals surface area contributed by atoms with Gasteiger partial charge in [0.15, 0.2) is 0 Å². The van der Waals surface area contributed by atoms with Crippen molar-refractivity contribution in [2.45, 2.75) is 76.5 Å². The standard InChI is InChI=1S/C19H29Br/c1-3-15-11-12-17(4-2)18(13-15)19(20)14-16-9-7-5-6-8-10-16/h11-13,16,19H,3-10,14H2,1-2H3. The van der Waals surface area contributed by atoms with Gasteiger partial charge in [0.1, 0.15) is 0 Å². The van der Waals surface area contributed by atoms with E-state index < -0.39 is 0 Å². The van der Waals surface area contributed by atoms with Crippen LogP contribution in [0.2, 0.25) is 0 Å². The maximum absolute atomic E-state index is 4.00. The van der Waals surface area contributed by atoms with Crippen LogP contribution in [0.5, 0.6) is 0 Å². The number of hydrogen-bond acceptors (Lipinski definition) is 0. The lowest BCUT2D eigenvalue weighted by Crippen LogP contribution is -2.05. The average Bonchev–Trinajstić information content (AvgIpc) is 2.75. The third-order valence-electron chi connectivity index (χ3n) is 4.85. The van der Waals surface area contributed by atoms with E-state index in [-0.39, 0.29) is 0 Å². The Morgan fingerprint density at radius 3 is 2.35 bits per heavy atom. The monoisotopic (exact) mass is 336 g/mol. The first-order valence-corrected chi connectivity index (χ1v) is 9.41. The Hall–Kier alpha value is -0.300. The quantitative estimate of drug-likeness (QED) is 0.419. The van der Waals surface area contributed by atoms with Crippen molar-refractivity contribution in [2.24, 2.45) is 5.92 Å². The smallest absolute Gasteiger partial charge is 0.0400 e. The summed E-state index contributed by atoms with van der Waals surface area (Å²) in [5.74, 6) is 0.928. The van der Waals surface area contributed by atoms with E-state index in [0.717, 1.165) is 18.8 Å². The zero-order valence-electron chi connectivity index (χ0n) is 13.1. The molecule has 0 aromatic heterocycles. The number of rotatable bonds is 5. The normalized spacial score (nSPS) is 18.8. The Morgan fingerprint density at radius 1 is 1.05 bits per heavy atom. The van der Waals surface area contributed by atoms with Crippen LogP contribution < -0.4 is 0 Å². The molecule has 1 fully saturated rings. The molecule has 0 bridgehead atoms. The van der Waals surface area contributed by atoms with Crippen molar-refractivity contribution in [3.05, 3.63) is 34.9 Å². The molecule has 0 saturated heterocycles.